The minimum absolute atomic E-state index is 0.112. The maximum absolute atomic E-state index is 12.3. The van der Waals surface area contributed by atoms with Crippen molar-refractivity contribution in [2.75, 3.05) is 13.1 Å². The molecule has 18 heavy (non-hydrogen) atoms. The van der Waals surface area contributed by atoms with Gasteiger partial charge in [0.25, 0.3) is 10.0 Å². The van der Waals surface area contributed by atoms with E-state index in [0.717, 1.165) is 0 Å². The van der Waals surface area contributed by atoms with Gasteiger partial charge in [0, 0.05) is 31.8 Å². The van der Waals surface area contributed by atoms with Gasteiger partial charge in [-0.1, -0.05) is 13.8 Å². The average molecular weight is 271 g/mol. The number of aromatic nitrogens is 2. The third kappa shape index (κ3) is 2.32. The number of carbonyl (C=O) groups excluding carboxylic acids is 1. The van der Waals surface area contributed by atoms with E-state index in [4.69, 9.17) is 0 Å². The second-order valence-corrected chi connectivity index (χ2v) is 6.43. The number of aryl methyl sites for hydroxylation is 1. The van der Waals surface area contributed by atoms with Gasteiger partial charge in [-0.25, -0.2) is 13.4 Å². The number of carbonyl (C=O) groups is 1. The van der Waals surface area contributed by atoms with Crippen molar-refractivity contribution in [1.29, 1.82) is 0 Å². The molecule has 2 rings (SSSR count). The van der Waals surface area contributed by atoms with Crippen LogP contribution >= 0.6 is 0 Å². The van der Waals surface area contributed by atoms with Crippen molar-refractivity contribution in [1.82, 2.24) is 14.3 Å². The average Bonchev–Trinajstić information content (AvgIpc) is 2.81. The van der Waals surface area contributed by atoms with Gasteiger partial charge in [-0.15, -0.1) is 0 Å². The molecule has 1 aliphatic rings. The number of nitrogens with zero attached hydrogens (tertiary/aromatic N) is 2. The first-order valence-electron chi connectivity index (χ1n) is 6.02. The maximum Gasteiger partial charge on any atom is 0.260 e. The fraction of sp³-hybridized carbons (Fsp3) is 0.636. The number of hydrogen-bond donors (Lipinski definition) is 1. The number of nitrogens with one attached hydrogen (secondary N) is 1. The van der Waals surface area contributed by atoms with Crippen LogP contribution in [0.3, 0.4) is 0 Å². The van der Waals surface area contributed by atoms with Gasteiger partial charge in [0.1, 0.15) is 11.6 Å². The zero-order chi connectivity index (χ0) is 13.3. The lowest BCUT2D eigenvalue weighted by atomic mass is 10.0. The van der Waals surface area contributed by atoms with Crippen LogP contribution in [0.5, 0.6) is 0 Å². The van der Waals surface area contributed by atoms with E-state index in [1.54, 1.807) is 6.92 Å². The van der Waals surface area contributed by atoms with Crippen LogP contribution in [0.2, 0.25) is 0 Å². The number of imidazole rings is 1. The van der Waals surface area contributed by atoms with Gasteiger partial charge < -0.3 is 4.98 Å². The van der Waals surface area contributed by atoms with Gasteiger partial charge in [0.05, 0.1) is 6.20 Å². The summed E-state index contributed by atoms with van der Waals surface area (Å²) in [4.78, 5) is 18.2. The summed E-state index contributed by atoms with van der Waals surface area (Å²) in [5.74, 6) is 0.539. The number of Topliss-reactive ketones (excluding diaryl/α,β-unsaturated/α-hetero) is 1. The molecule has 1 aromatic rings. The first-order valence-corrected chi connectivity index (χ1v) is 7.46. The second kappa shape index (κ2) is 4.81. The van der Waals surface area contributed by atoms with E-state index >= 15 is 0 Å². The van der Waals surface area contributed by atoms with E-state index < -0.39 is 10.0 Å². The Labute approximate surface area is 106 Å². The zero-order valence-corrected chi connectivity index (χ0v) is 11.3. The number of aromatic amines is 1. The molecule has 1 atom stereocenters. The number of ketones is 1. The van der Waals surface area contributed by atoms with Crippen LogP contribution in [-0.2, 0) is 21.2 Å². The van der Waals surface area contributed by atoms with Crippen LogP contribution < -0.4 is 0 Å². The summed E-state index contributed by atoms with van der Waals surface area (Å²) >= 11 is 0. The van der Waals surface area contributed by atoms with Crippen molar-refractivity contribution in [2.45, 2.75) is 31.7 Å². The molecule has 1 N–H and O–H groups in total. The molecule has 7 heteroatoms. The number of piperidine rings is 1. The highest BCUT2D eigenvalue weighted by atomic mass is 32.2. The quantitative estimate of drug-likeness (QED) is 0.871. The Morgan fingerprint density at radius 1 is 1.56 bits per heavy atom. The lowest BCUT2D eigenvalue weighted by Gasteiger charge is -2.28. The van der Waals surface area contributed by atoms with E-state index in [2.05, 4.69) is 9.97 Å². The molecule has 1 aliphatic heterocycles. The Morgan fingerprint density at radius 3 is 2.83 bits per heavy atom. The largest absolute Gasteiger partial charge is 0.332 e. The van der Waals surface area contributed by atoms with Crippen molar-refractivity contribution in [2.24, 2.45) is 5.92 Å². The maximum atomic E-state index is 12.3. The molecule has 0 saturated carbocycles. The Balaban J connectivity index is 2.23. The molecule has 0 bridgehead atoms. The summed E-state index contributed by atoms with van der Waals surface area (Å²) in [6, 6.07) is 0. The second-order valence-electron chi connectivity index (χ2n) is 4.53. The van der Waals surface area contributed by atoms with Crippen LogP contribution in [0.25, 0.3) is 0 Å². The van der Waals surface area contributed by atoms with Gasteiger partial charge in [-0.05, 0) is 0 Å². The van der Waals surface area contributed by atoms with E-state index in [9.17, 15) is 13.2 Å². The molecule has 1 saturated heterocycles. The monoisotopic (exact) mass is 271 g/mol. The Morgan fingerprint density at radius 2 is 2.28 bits per heavy atom. The number of rotatable bonds is 3. The highest BCUT2D eigenvalue weighted by molar-refractivity contribution is 7.89. The number of H-pyrrole nitrogens is 1. The number of sulfonamides is 1. The molecule has 0 amide bonds. The van der Waals surface area contributed by atoms with E-state index in [1.165, 1.54) is 10.5 Å². The van der Waals surface area contributed by atoms with Gasteiger partial charge in [0.2, 0.25) is 0 Å². The molecule has 2 heterocycles. The molecule has 0 aromatic carbocycles. The summed E-state index contributed by atoms with van der Waals surface area (Å²) in [7, 11) is -3.54. The SMILES string of the molecule is CCc1ncc(S(=O)(=O)N2CCC(=O)C(C)C2)[nH]1. The van der Waals surface area contributed by atoms with Crippen LogP contribution in [0.4, 0.5) is 0 Å². The molecule has 0 radical (unpaired) electrons. The zero-order valence-electron chi connectivity index (χ0n) is 10.5. The van der Waals surface area contributed by atoms with Gasteiger partial charge in [-0.3, -0.25) is 4.79 Å². The molecule has 1 unspecified atom stereocenters. The topological polar surface area (TPSA) is 83.1 Å². The summed E-state index contributed by atoms with van der Waals surface area (Å²) in [6.45, 7) is 4.17. The Bertz CT molecular complexity index is 550. The normalized spacial score (nSPS) is 22.3. The van der Waals surface area contributed by atoms with Gasteiger partial charge in [-0.2, -0.15) is 4.31 Å². The molecule has 1 fully saturated rings. The molecule has 100 valence electrons. The van der Waals surface area contributed by atoms with Crippen LogP contribution in [0.1, 0.15) is 26.1 Å². The lowest BCUT2D eigenvalue weighted by Crippen LogP contribution is -2.43. The van der Waals surface area contributed by atoms with E-state index in [-0.39, 0.29) is 36.2 Å². The van der Waals surface area contributed by atoms with Crippen molar-refractivity contribution in [3.05, 3.63) is 12.0 Å². The highest BCUT2D eigenvalue weighted by Crippen LogP contribution is 2.20. The smallest absolute Gasteiger partial charge is 0.260 e. The standard InChI is InChI=1S/C11H17N3O3S/c1-3-10-12-6-11(13-10)18(16,17)14-5-4-9(15)8(2)7-14/h6,8H,3-5,7H2,1-2H3,(H,12,13). The van der Waals surface area contributed by atoms with Crippen LogP contribution in [0.15, 0.2) is 11.2 Å². The summed E-state index contributed by atoms with van der Waals surface area (Å²) in [5.41, 5.74) is 0. The first-order chi connectivity index (χ1) is 8.45. The van der Waals surface area contributed by atoms with Gasteiger partial charge >= 0.3 is 0 Å². The number of hydrogen-bond acceptors (Lipinski definition) is 4. The van der Waals surface area contributed by atoms with Crippen molar-refractivity contribution in [3.63, 3.8) is 0 Å². The predicted molar refractivity (Wildman–Crippen MR) is 65.5 cm³/mol. The molecule has 6 nitrogen and oxygen atoms in total. The van der Waals surface area contributed by atoms with Crippen molar-refractivity contribution < 1.29 is 13.2 Å². The molecular formula is C11H17N3O3S. The van der Waals surface area contributed by atoms with Gasteiger partial charge in [0.15, 0.2) is 5.03 Å². The predicted octanol–water partition coefficient (Wildman–Crippen LogP) is 0.572. The Hall–Kier alpha value is -1.21. The molecule has 1 aromatic heterocycles. The van der Waals surface area contributed by atoms with Crippen LogP contribution in [-0.4, -0.2) is 41.6 Å². The third-order valence-electron chi connectivity index (χ3n) is 3.19. The summed E-state index contributed by atoms with van der Waals surface area (Å²) < 4.78 is 26.0. The third-order valence-corrected chi connectivity index (χ3v) is 4.97. The minimum atomic E-state index is -3.54. The van der Waals surface area contributed by atoms with Crippen LogP contribution in [0, 0.1) is 5.92 Å². The van der Waals surface area contributed by atoms with E-state index in [0.29, 0.717) is 12.2 Å². The fourth-order valence-electron chi connectivity index (χ4n) is 1.99. The molecular weight excluding hydrogens is 254 g/mol. The molecule has 0 spiro atoms. The molecule has 0 aliphatic carbocycles. The fourth-order valence-corrected chi connectivity index (χ4v) is 3.45. The minimum Gasteiger partial charge on any atom is -0.332 e. The van der Waals surface area contributed by atoms with E-state index in [1.807, 2.05) is 6.92 Å². The highest BCUT2D eigenvalue weighted by Gasteiger charge is 2.33. The summed E-state index contributed by atoms with van der Waals surface area (Å²) in [5, 5.41) is 0.112. The Kier molecular flexibility index (Phi) is 3.54. The van der Waals surface area contributed by atoms with Crippen molar-refractivity contribution >= 4 is 15.8 Å². The lowest BCUT2D eigenvalue weighted by molar-refractivity contribution is -0.124. The summed E-state index contributed by atoms with van der Waals surface area (Å²) in [6.07, 6.45) is 2.29. The van der Waals surface area contributed by atoms with Crippen molar-refractivity contribution in [3.8, 4) is 0 Å². The first kappa shape index (κ1) is 13.2.